The van der Waals surface area contributed by atoms with Gasteiger partial charge in [-0.1, -0.05) is 0 Å². The molecule has 0 spiro atoms. The molecule has 7 heteroatoms. The SMILES string of the molecule is COC(=O)C=CC(=O)OCCCC(=O)Oc1ccc(C=O)cc1. The van der Waals surface area contributed by atoms with E-state index < -0.39 is 17.9 Å². The Morgan fingerprint density at radius 2 is 1.70 bits per heavy atom. The maximum atomic E-state index is 11.6. The summed E-state index contributed by atoms with van der Waals surface area (Å²) >= 11 is 0. The van der Waals surface area contributed by atoms with E-state index in [4.69, 9.17) is 9.47 Å². The van der Waals surface area contributed by atoms with Gasteiger partial charge in [-0.3, -0.25) is 9.59 Å². The predicted molar refractivity (Wildman–Crippen MR) is 78.8 cm³/mol. The summed E-state index contributed by atoms with van der Waals surface area (Å²) in [5.74, 6) is -1.51. The summed E-state index contributed by atoms with van der Waals surface area (Å²) in [7, 11) is 1.19. The van der Waals surface area contributed by atoms with Crippen molar-refractivity contribution in [2.45, 2.75) is 12.8 Å². The number of ether oxygens (including phenoxy) is 3. The van der Waals surface area contributed by atoms with Gasteiger partial charge in [0, 0.05) is 24.1 Å². The molecule has 1 aromatic rings. The molecule has 0 aliphatic heterocycles. The Kier molecular flexibility index (Phi) is 7.77. The molecular weight excluding hydrogens is 304 g/mol. The van der Waals surface area contributed by atoms with Gasteiger partial charge in [0.15, 0.2) is 0 Å². The molecule has 0 radical (unpaired) electrons. The third-order valence-corrected chi connectivity index (χ3v) is 2.57. The van der Waals surface area contributed by atoms with E-state index in [1.165, 1.54) is 31.4 Å². The van der Waals surface area contributed by atoms with Crippen LogP contribution in [0.15, 0.2) is 36.4 Å². The van der Waals surface area contributed by atoms with E-state index in [0.717, 1.165) is 12.2 Å². The number of carbonyl (C=O) groups excluding carboxylic acids is 4. The first-order chi connectivity index (χ1) is 11.0. The summed E-state index contributed by atoms with van der Waals surface area (Å²) < 4.78 is 14.1. The first kappa shape index (κ1) is 18.1. The average molecular weight is 320 g/mol. The first-order valence-electron chi connectivity index (χ1n) is 6.74. The van der Waals surface area contributed by atoms with E-state index >= 15 is 0 Å². The molecule has 1 rings (SSSR count). The quantitative estimate of drug-likeness (QED) is 0.235. The number of hydrogen-bond acceptors (Lipinski definition) is 7. The van der Waals surface area contributed by atoms with Crippen molar-refractivity contribution in [1.82, 2.24) is 0 Å². The van der Waals surface area contributed by atoms with Crippen LogP contribution in [0.2, 0.25) is 0 Å². The Balaban J connectivity index is 2.23. The van der Waals surface area contributed by atoms with Crippen LogP contribution in [0.4, 0.5) is 0 Å². The van der Waals surface area contributed by atoms with E-state index in [1.807, 2.05) is 0 Å². The number of esters is 3. The predicted octanol–water partition coefficient (Wildman–Crippen LogP) is 1.46. The number of hydrogen-bond donors (Lipinski definition) is 0. The molecule has 0 atom stereocenters. The van der Waals surface area contributed by atoms with E-state index in [0.29, 0.717) is 17.6 Å². The van der Waals surface area contributed by atoms with Gasteiger partial charge in [0.1, 0.15) is 12.0 Å². The first-order valence-corrected chi connectivity index (χ1v) is 6.74. The lowest BCUT2D eigenvalue weighted by Crippen LogP contribution is -2.10. The summed E-state index contributed by atoms with van der Waals surface area (Å²) in [5.41, 5.74) is 0.483. The molecule has 0 saturated heterocycles. The second-order valence-electron chi connectivity index (χ2n) is 4.29. The summed E-state index contributed by atoms with van der Waals surface area (Å²) in [5, 5.41) is 0. The highest BCUT2D eigenvalue weighted by Gasteiger charge is 2.06. The minimum absolute atomic E-state index is 0.0174. The molecule has 1 aromatic carbocycles. The molecule has 0 unspecified atom stereocenters. The Morgan fingerprint density at radius 3 is 2.30 bits per heavy atom. The average Bonchev–Trinajstić information content (AvgIpc) is 2.57. The topological polar surface area (TPSA) is 96.0 Å². The van der Waals surface area contributed by atoms with E-state index in [2.05, 4.69) is 4.74 Å². The van der Waals surface area contributed by atoms with Crippen molar-refractivity contribution in [3.63, 3.8) is 0 Å². The Bertz CT molecular complexity index is 587. The van der Waals surface area contributed by atoms with Crippen LogP contribution in [0.1, 0.15) is 23.2 Å². The van der Waals surface area contributed by atoms with Crippen LogP contribution in [0, 0.1) is 0 Å². The molecule has 7 nitrogen and oxygen atoms in total. The summed E-state index contributed by atoms with van der Waals surface area (Å²) in [6, 6.07) is 6.09. The highest BCUT2D eigenvalue weighted by Crippen LogP contribution is 2.12. The van der Waals surface area contributed by atoms with Crippen molar-refractivity contribution >= 4 is 24.2 Å². The van der Waals surface area contributed by atoms with Crippen LogP contribution in [0.5, 0.6) is 5.75 Å². The van der Waals surface area contributed by atoms with Crippen LogP contribution in [-0.4, -0.2) is 37.9 Å². The Morgan fingerprint density at radius 1 is 1.04 bits per heavy atom. The fourth-order valence-electron chi connectivity index (χ4n) is 1.44. The van der Waals surface area contributed by atoms with Gasteiger partial charge in [-0.15, -0.1) is 0 Å². The monoisotopic (exact) mass is 320 g/mol. The summed E-state index contributed by atoms with van der Waals surface area (Å²) in [6.45, 7) is 0.0174. The zero-order valence-corrected chi connectivity index (χ0v) is 12.5. The molecule has 0 saturated carbocycles. The number of rotatable bonds is 8. The highest BCUT2D eigenvalue weighted by molar-refractivity contribution is 5.91. The molecule has 0 aliphatic rings. The fourth-order valence-corrected chi connectivity index (χ4v) is 1.44. The summed E-state index contributed by atoms with van der Waals surface area (Å²) in [4.78, 5) is 44.0. The molecule has 23 heavy (non-hydrogen) atoms. The van der Waals surface area contributed by atoms with Crippen LogP contribution in [-0.2, 0) is 23.9 Å². The minimum Gasteiger partial charge on any atom is -0.466 e. The van der Waals surface area contributed by atoms with Gasteiger partial charge >= 0.3 is 17.9 Å². The standard InChI is InChI=1S/C16H16O7/c1-21-14(18)8-9-15(19)22-10-2-3-16(20)23-13-6-4-12(11-17)5-7-13/h4-9,11H,2-3,10H2,1H3. The lowest BCUT2D eigenvalue weighted by molar-refractivity contribution is -0.140. The van der Waals surface area contributed by atoms with Gasteiger partial charge in [0.25, 0.3) is 0 Å². The molecule has 0 aromatic heterocycles. The van der Waals surface area contributed by atoms with E-state index in [9.17, 15) is 19.2 Å². The van der Waals surface area contributed by atoms with Gasteiger partial charge < -0.3 is 14.2 Å². The molecular formula is C16H16O7. The van der Waals surface area contributed by atoms with Crippen molar-refractivity contribution in [1.29, 1.82) is 0 Å². The van der Waals surface area contributed by atoms with Gasteiger partial charge in [-0.2, -0.15) is 0 Å². The Labute approximate surface area is 132 Å². The smallest absolute Gasteiger partial charge is 0.331 e. The van der Waals surface area contributed by atoms with Gasteiger partial charge in [0.2, 0.25) is 0 Å². The number of carbonyl (C=O) groups is 4. The highest BCUT2D eigenvalue weighted by atomic mass is 16.5. The molecule has 0 bridgehead atoms. The number of methoxy groups -OCH3 is 1. The lowest BCUT2D eigenvalue weighted by atomic mass is 10.2. The molecule has 0 aliphatic carbocycles. The van der Waals surface area contributed by atoms with Gasteiger partial charge in [-0.05, 0) is 30.7 Å². The maximum absolute atomic E-state index is 11.6. The second-order valence-corrected chi connectivity index (χ2v) is 4.29. The minimum atomic E-state index is -0.701. The molecule has 0 heterocycles. The van der Waals surface area contributed by atoms with Gasteiger partial charge in [0.05, 0.1) is 13.7 Å². The number of aldehydes is 1. The summed E-state index contributed by atoms with van der Waals surface area (Å²) in [6.07, 6.45) is 2.92. The van der Waals surface area contributed by atoms with Crippen molar-refractivity contribution in [3.05, 3.63) is 42.0 Å². The molecule has 122 valence electrons. The van der Waals surface area contributed by atoms with Crippen LogP contribution in [0.25, 0.3) is 0 Å². The largest absolute Gasteiger partial charge is 0.466 e. The third-order valence-electron chi connectivity index (χ3n) is 2.57. The number of benzene rings is 1. The van der Waals surface area contributed by atoms with Crippen LogP contribution >= 0.6 is 0 Å². The Hall–Kier alpha value is -2.96. The molecule has 0 N–H and O–H groups in total. The second kappa shape index (κ2) is 9.88. The van der Waals surface area contributed by atoms with Crippen molar-refractivity contribution in [3.8, 4) is 5.75 Å². The zero-order valence-electron chi connectivity index (χ0n) is 12.5. The lowest BCUT2D eigenvalue weighted by Gasteiger charge is -2.04. The normalized spacial score (nSPS) is 10.1. The third kappa shape index (κ3) is 7.56. The fraction of sp³-hybridized carbons (Fsp3) is 0.250. The van der Waals surface area contributed by atoms with Crippen molar-refractivity contribution < 1.29 is 33.4 Å². The van der Waals surface area contributed by atoms with E-state index in [-0.39, 0.29) is 19.4 Å². The molecule has 0 fully saturated rings. The maximum Gasteiger partial charge on any atom is 0.331 e. The van der Waals surface area contributed by atoms with Crippen LogP contribution < -0.4 is 4.74 Å². The van der Waals surface area contributed by atoms with Crippen molar-refractivity contribution in [2.24, 2.45) is 0 Å². The zero-order chi connectivity index (χ0) is 17.1. The molecule has 0 amide bonds. The van der Waals surface area contributed by atoms with E-state index in [1.54, 1.807) is 0 Å². The van der Waals surface area contributed by atoms with Crippen LogP contribution in [0.3, 0.4) is 0 Å². The van der Waals surface area contributed by atoms with Crippen molar-refractivity contribution in [2.75, 3.05) is 13.7 Å². The van der Waals surface area contributed by atoms with Gasteiger partial charge in [-0.25, -0.2) is 9.59 Å².